The Labute approximate surface area is 244 Å². The topological polar surface area (TPSA) is 73.0 Å². The van der Waals surface area contributed by atoms with Crippen LogP contribution in [0.4, 0.5) is 0 Å². The maximum atomic E-state index is 14.0. The number of aromatic hydroxyl groups is 1. The molecule has 0 fully saturated rings. The van der Waals surface area contributed by atoms with Crippen LogP contribution in [0.25, 0.3) is 11.8 Å². The van der Waals surface area contributed by atoms with Crippen LogP contribution >= 0.6 is 49.9 Å². The summed E-state index contributed by atoms with van der Waals surface area (Å²) >= 11 is 6.91. The molecule has 6 nitrogen and oxygen atoms in total. The minimum Gasteiger partial charge on any atom is -0.506 e. The number of hydrogen-bond donors (Lipinski definition) is 1. The molecule has 2 heterocycles. The zero-order valence-corrected chi connectivity index (χ0v) is 25.1. The third-order valence-electron chi connectivity index (χ3n) is 6.94. The lowest BCUT2D eigenvalue weighted by Crippen LogP contribution is -2.38. The van der Waals surface area contributed by atoms with E-state index >= 15 is 0 Å². The van der Waals surface area contributed by atoms with Gasteiger partial charge < -0.3 is 14.6 Å². The minimum absolute atomic E-state index is 0.143. The zero-order chi connectivity index (χ0) is 26.6. The first-order valence-electron chi connectivity index (χ1n) is 11.9. The van der Waals surface area contributed by atoms with Gasteiger partial charge in [-0.2, -0.15) is 0 Å². The van der Waals surface area contributed by atoms with Gasteiger partial charge in [-0.05, 0) is 82.5 Å². The Balaban J connectivity index is 1.63. The fraction of sp³-hybridized carbons (Fsp3) is 0.172. The number of rotatable bonds is 4. The Morgan fingerprint density at radius 3 is 2.68 bits per heavy atom. The monoisotopic (exact) mass is 700 g/mol. The van der Waals surface area contributed by atoms with Crippen LogP contribution in [0.3, 0.4) is 0 Å². The van der Waals surface area contributed by atoms with Gasteiger partial charge in [0.05, 0.1) is 34.1 Å². The van der Waals surface area contributed by atoms with Gasteiger partial charge in [0.1, 0.15) is 5.75 Å². The van der Waals surface area contributed by atoms with Gasteiger partial charge in [0.2, 0.25) is 0 Å². The first-order chi connectivity index (χ1) is 18.4. The highest BCUT2D eigenvalue weighted by Crippen LogP contribution is 2.42. The smallest absolute Gasteiger partial charge is 0.271 e. The zero-order valence-electron chi connectivity index (χ0n) is 20.5. The molecule has 0 unspecified atom stereocenters. The lowest BCUT2D eigenvalue weighted by atomic mass is 9.83. The van der Waals surface area contributed by atoms with Crippen molar-refractivity contribution in [2.75, 3.05) is 14.2 Å². The quantitative estimate of drug-likeness (QED) is 0.289. The molecule has 3 aromatic carbocycles. The summed E-state index contributed by atoms with van der Waals surface area (Å²) in [6.07, 6.45) is 3.42. The highest BCUT2D eigenvalue weighted by atomic mass is 127. The molecule has 6 rings (SSSR count). The molecule has 1 aliphatic heterocycles. The van der Waals surface area contributed by atoms with Crippen LogP contribution in [0.5, 0.6) is 17.2 Å². The van der Waals surface area contributed by atoms with Gasteiger partial charge in [-0.3, -0.25) is 9.36 Å². The second kappa shape index (κ2) is 10.0. The van der Waals surface area contributed by atoms with Crippen molar-refractivity contribution in [1.82, 2.24) is 4.57 Å². The number of fused-ring (bicyclic) bond motifs is 3. The van der Waals surface area contributed by atoms with Crippen molar-refractivity contribution in [3.63, 3.8) is 0 Å². The number of benzene rings is 3. The largest absolute Gasteiger partial charge is 0.506 e. The van der Waals surface area contributed by atoms with E-state index in [1.807, 2.05) is 36.4 Å². The first kappa shape index (κ1) is 25.4. The lowest BCUT2D eigenvalue weighted by Gasteiger charge is -2.31. The van der Waals surface area contributed by atoms with Crippen LogP contribution in [0.2, 0.25) is 0 Å². The third kappa shape index (κ3) is 4.20. The second-order valence-electron chi connectivity index (χ2n) is 9.05. The van der Waals surface area contributed by atoms with E-state index in [0.717, 1.165) is 39.7 Å². The molecule has 9 heteroatoms. The average molecular weight is 701 g/mol. The molecule has 38 heavy (non-hydrogen) atoms. The average Bonchev–Trinajstić information content (AvgIpc) is 3.24. The molecule has 0 amide bonds. The molecular formula is C29H22BrIN2O4S. The predicted octanol–water partition coefficient (Wildman–Crippen LogP) is 5.41. The normalized spacial score (nSPS) is 16.4. The van der Waals surface area contributed by atoms with Crippen molar-refractivity contribution in [2.45, 2.75) is 18.9 Å². The van der Waals surface area contributed by atoms with Gasteiger partial charge in [0.15, 0.2) is 16.3 Å². The highest BCUT2D eigenvalue weighted by molar-refractivity contribution is 14.1. The Hall–Kier alpha value is -2.89. The molecule has 2 aliphatic rings. The molecule has 1 aliphatic carbocycles. The molecule has 0 saturated heterocycles. The number of phenolic OH excluding ortho intramolecular Hbond substituents is 1. The second-order valence-corrected chi connectivity index (χ2v) is 12.1. The van der Waals surface area contributed by atoms with Crippen LogP contribution in [0.1, 0.15) is 34.7 Å². The van der Waals surface area contributed by atoms with Crippen LogP contribution in [-0.2, 0) is 6.42 Å². The molecule has 0 bridgehead atoms. The minimum atomic E-state index is -0.340. The van der Waals surface area contributed by atoms with Crippen LogP contribution in [-0.4, -0.2) is 23.9 Å². The summed E-state index contributed by atoms with van der Waals surface area (Å²) in [5, 5.41) is 10.7. The van der Waals surface area contributed by atoms with Crippen molar-refractivity contribution < 1.29 is 14.6 Å². The van der Waals surface area contributed by atoms with E-state index in [2.05, 4.69) is 56.7 Å². The van der Waals surface area contributed by atoms with Crippen LogP contribution in [0.15, 0.2) is 74.4 Å². The number of ether oxygens (including phenoxy) is 2. The molecular weight excluding hydrogens is 679 g/mol. The van der Waals surface area contributed by atoms with Crippen molar-refractivity contribution >= 4 is 61.6 Å². The Morgan fingerprint density at radius 1 is 1.11 bits per heavy atom. The van der Waals surface area contributed by atoms with Crippen molar-refractivity contribution in [2.24, 2.45) is 4.99 Å². The van der Waals surface area contributed by atoms with E-state index in [0.29, 0.717) is 30.0 Å². The van der Waals surface area contributed by atoms with E-state index in [-0.39, 0.29) is 17.4 Å². The molecule has 1 atom stereocenters. The Kier molecular flexibility index (Phi) is 6.69. The number of methoxy groups -OCH3 is 2. The molecule has 0 saturated carbocycles. The standard InChI is InChI=1S/C29H22BrIN2O4S/c1-36-22-10-8-16(12-23(22)37-2)26-20-9-7-15-5-3-4-6-19(15)25(20)32-29-33(26)28(35)24(38-29)13-17-11-18(30)14-21(31)27(17)34/h3-6,8,10-14,26,34H,7,9H2,1-2H3/b24-13-/t26-/m0/s1. The molecule has 0 spiro atoms. The summed E-state index contributed by atoms with van der Waals surface area (Å²) in [4.78, 5) is 19.7. The number of halogens is 2. The van der Waals surface area contributed by atoms with Crippen molar-refractivity contribution in [3.8, 4) is 17.2 Å². The fourth-order valence-corrected chi connectivity index (χ4v) is 7.72. The van der Waals surface area contributed by atoms with E-state index in [4.69, 9.17) is 14.5 Å². The number of thiazole rings is 1. The number of phenols is 1. The lowest BCUT2D eigenvalue weighted by molar-refractivity contribution is 0.354. The van der Waals surface area contributed by atoms with Crippen molar-refractivity contribution in [3.05, 3.63) is 110 Å². The summed E-state index contributed by atoms with van der Waals surface area (Å²) in [5.74, 6) is 1.38. The summed E-state index contributed by atoms with van der Waals surface area (Å²) < 4.78 is 14.9. The number of hydrogen-bond acceptors (Lipinski definition) is 6. The van der Waals surface area contributed by atoms with E-state index in [1.165, 1.54) is 16.9 Å². The number of nitrogens with zero attached hydrogens (tertiary/aromatic N) is 2. The summed E-state index contributed by atoms with van der Waals surface area (Å²) in [6, 6.07) is 17.4. The summed E-state index contributed by atoms with van der Waals surface area (Å²) in [5.41, 5.74) is 5.76. The first-order valence-corrected chi connectivity index (χ1v) is 14.6. The Bertz CT molecular complexity index is 1830. The maximum absolute atomic E-state index is 14.0. The number of aromatic nitrogens is 1. The van der Waals surface area contributed by atoms with E-state index < -0.39 is 0 Å². The van der Waals surface area contributed by atoms with Gasteiger partial charge in [-0.25, -0.2) is 4.99 Å². The van der Waals surface area contributed by atoms with E-state index in [1.54, 1.807) is 24.9 Å². The third-order valence-corrected chi connectivity index (χ3v) is 9.20. The van der Waals surface area contributed by atoms with Gasteiger partial charge >= 0.3 is 0 Å². The van der Waals surface area contributed by atoms with Crippen molar-refractivity contribution in [1.29, 1.82) is 0 Å². The van der Waals surface area contributed by atoms with Crippen LogP contribution in [0, 0.1) is 3.57 Å². The summed E-state index contributed by atoms with van der Waals surface area (Å²) in [7, 11) is 3.22. The summed E-state index contributed by atoms with van der Waals surface area (Å²) in [6.45, 7) is 0. The highest BCUT2D eigenvalue weighted by Gasteiger charge is 2.33. The van der Waals surface area contributed by atoms with E-state index in [9.17, 15) is 9.90 Å². The van der Waals surface area contributed by atoms with Gasteiger partial charge in [0.25, 0.3) is 5.56 Å². The van der Waals surface area contributed by atoms with Gasteiger partial charge in [-0.1, -0.05) is 57.6 Å². The molecule has 1 N–H and O–H groups in total. The predicted molar refractivity (Wildman–Crippen MR) is 161 cm³/mol. The molecule has 192 valence electrons. The molecule has 0 radical (unpaired) electrons. The SMILES string of the molecule is COc1ccc([C@H]2C3=C(N=c4s/c(=C\c5cc(Br)cc(I)c5O)c(=O)n42)c2ccccc2CC3)cc1OC. The fourth-order valence-electron chi connectivity index (χ4n) is 5.18. The van der Waals surface area contributed by atoms with Gasteiger partial charge in [-0.15, -0.1) is 0 Å². The molecule has 1 aromatic heterocycles. The Morgan fingerprint density at radius 2 is 1.89 bits per heavy atom. The molecule has 4 aromatic rings. The maximum Gasteiger partial charge on any atom is 0.271 e. The number of allylic oxidation sites excluding steroid dienone is 1. The van der Waals surface area contributed by atoms with Gasteiger partial charge in [0, 0.05) is 15.6 Å². The number of aryl methyl sites for hydroxylation is 1. The van der Waals surface area contributed by atoms with Crippen LogP contribution < -0.4 is 24.4 Å².